The van der Waals surface area contributed by atoms with Crippen molar-refractivity contribution in [2.24, 2.45) is 0 Å². The van der Waals surface area contributed by atoms with Crippen molar-refractivity contribution in [2.45, 2.75) is 26.2 Å². The SMILES string of the molecule is CC(C)(C)c1ccc2c3ccccc3n(-c3cc(-c4cccnc4)ccc3-c3nc(-c4ccccc4)nc(-c4ccccc4)n3)c2c1. The lowest BCUT2D eigenvalue weighted by molar-refractivity contribution is 0.591. The summed E-state index contributed by atoms with van der Waals surface area (Å²) < 4.78 is 2.38. The molecule has 8 aromatic rings. The molecule has 0 amide bonds. The zero-order valence-electron chi connectivity index (χ0n) is 26.6. The van der Waals surface area contributed by atoms with E-state index in [0.29, 0.717) is 17.5 Å². The average molecular weight is 608 g/mol. The van der Waals surface area contributed by atoms with Crippen molar-refractivity contribution in [3.63, 3.8) is 0 Å². The lowest BCUT2D eigenvalue weighted by atomic mass is 9.86. The van der Waals surface area contributed by atoms with E-state index in [2.05, 4.69) is 97.1 Å². The smallest absolute Gasteiger partial charge is 0.166 e. The van der Waals surface area contributed by atoms with E-state index in [4.69, 9.17) is 15.0 Å². The summed E-state index contributed by atoms with van der Waals surface area (Å²) in [7, 11) is 0. The highest BCUT2D eigenvalue weighted by molar-refractivity contribution is 6.10. The molecule has 5 aromatic carbocycles. The molecule has 226 valence electrons. The predicted octanol–water partition coefficient (Wildman–Crippen LogP) is 10.3. The molecule has 3 aromatic heterocycles. The predicted molar refractivity (Wildman–Crippen MR) is 192 cm³/mol. The Hall–Kier alpha value is -5.94. The molecule has 0 spiro atoms. The second-order valence-electron chi connectivity index (χ2n) is 12.8. The van der Waals surface area contributed by atoms with Crippen molar-refractivity contribution < 1.29 is 0 Å². The second-order valence-corrected chi connectivity index (χ2v) is 12.8. The van der Waals surface area contributed by atoms with Crippen molar-refractivity contribution in [3.05, 3.63) is 151 Å². The summed E-state index contributed by atoms with van der Waals surface area (Å²) in [6.07, 6.45) is 3.72. The lowest BCUT2D eigenvalue weighted by Crippen LogP contribution is -2.11. The van der Waals surface area contributed by atoms with Crippen molar-refractivity contribution >= 4 is 21.8 Å². The van der Waals surface area contributed by atoms with E-state index in [1.807, 2.05) is 72.9 Å². The van der Waals surface area contributed by atoms with Crippen LogP contribution in [0.15, 0.2) is 146 Å². The van der Waals surface area contributed by atoms with E-state index in [9.17, 15) is 0 Å². The van der Waals surface area contributed by atoms with Gasteiger partial charge >= 0.3 is 0 Å². The fraction of sp³-hybridized carbons (Fsp3) is 0.0952. The molecule has 0 radical (unpaired) electrons. The Labute approximate surface area is 274 Å². The Bertz CT molecular complexity index is 2310. The maximum Gasteiger partial charge on any atom is 0.166 e. The number of hydrogen-bond acceptors (Lipinski definition) is 4. The molecule has 0 fully saturated rings. The van der Waals surface area contributed by atoms with Gasteiger partial charge in [-0.1, -0.05) is 124 Å². The van der Waals surface area contributed by atoms with Gasteiger partial charge < -0.3 is 4.57 Å². The van der Waals surface area contributed by atoms with Gasteiger partial charge in [0.25, 0.3) is 0 Å². The highest BCUT2D eigenvalue weighted by Crippen LogP contribution is 2.39. The molecule has 0 aliphatic carbocycles. The molecule has 0 saturated heterocycles. The summed E-state index contributed by atoms with van der Waals surface area (Å²) in [6.45, 7) is 6.78. The van der Waals surface area contributed by atoms with Crippen LogP contribution in [-0.2, 0) is 5.41 Å². The minimum Gasteiger partial charge on any atom is -0.308 e. The average Bonchev–Trinajstić information content (AvgIpc) is 3.45. The molecular weight excluding hydrogens is 574 g/mol. The molecule has 0 N–H and O–H groups in total. The standard InChI is InChI=1S/C42H33N5/c1-42(2,3)32-21-23-34-33-18-10-11-19-36(33)47(38(34)26-32)37-25-30(31-17-12-24-43-27-31)20-22-35(37)41-45-39(28-13-6-4-7-14-28)44-40(46-41)29-15-8-5-9-16-29/h4-27H,1-3H3. The maximum atomic E-state index is 5.14. The zero-order valence-corrected chi connectivity index (χ0v) is 26.6. The summed E-state index contributed by atoms with van der Waals surface area (Å²) in [5, 5.41) is 2.41. The van der Waals surface area contributed by atoms with Crippen LogP contribution in [0, 0.1) is 0 Å². The van der Waals surface area contributed by atoms with Crippen molar-refractivity contribution in [1.29, 1.82) is 0 Å². The first kappa shape index (κ1) is 28.5. The summed E-state index contributed by atoms with van der Waals surface area (Å²) in [5.74, 6) is 1.88. The van der Waals surface area contributed by atoms with Crippen LogP contribution in [0.5, 0.6) is 0 Å². The molecule has 0 bridgehead atoms. The van der Waals surface area contributed by atoms with Crippen LogP contribution in [0.25, 0.3) is 72.8 Å². The van der Waals surface area contributed by atoms with Gasteiger partial charge in [0, 0.05) is 45.4 Å². The van der Waals surface area contributed by atoms with Gasteiger partial charge in [0.15, 0.2) is 17.5 Å². The quantitative estimate of drug-likeness (QED) is 0.195. The fourth-order valence-corrected chi connectivity index (χ4v) is 6.24. The molecule has 0 atom stereocenters. The lowest BCUT2D eigenvalue weighted by Gasteiger charge is -2.20. The van der Waals surface area contributed by atoms with Crippen LogP contribution in [-0.4, -0.2) is 24.5 Å². The number of para-hydroxylation sites is 1. The molecule has 5 nitrogen and oxygen atoms in total. The molecular formula is C42H33N5. The number of fused-ring (bicyclic) bond motifs is 3. The molecule has 47 heavy (non-hydrogen) atoms. The summed E-state index contributed by atoms with van der Waals surface area (Å²) in [6, 6.07) is 46.3. The van der Waals surface area contributed by atoms with Crippen molar-refractivity contribution in [1.82, 2.24) is 24.5 Å². The Balaban J connectivity index is 1.47. The fourth-order valence-electron chi connectivity index (χ4n) is 6.24. The van der Waals surface area contributed by atoms with E-state index >= 15 is 0 Å². The summed E-state index contributed by atoms with van der Waals surface area (Å²) in [5.41, 5.74) is 9.42. The second kappa shape index (κ2) is 11.5. The first-order valence-corrected chi connectivity index (χ1v) is 15.9. The maximum absolute atomic E-state index is 5.14. The summed E-state index contributed by atoms with van der Waals surface area (Å²) in [4.78, 5) is 19.7. The minimum atomic E-state index is -0.0146. The first-order chi connectivity index (χ1) is 22.9. The van der Waals surface area contributed by atoms with Crippen LogP contribution in [0.4, 0.5) is 0 Å². The normalized spacial score (nSPS) is 11.7. The third-order valence-electron chi connectivity index (χ3n) is 8.71. The third kappa shape index (κ3) is 5.26. The highest BCUT2D eigenvalue weighted by Gasteiger charge is 2.22. The van der Waals surface area contributed by atoms with Crippen molar-refractivity contribution in [3.8, 4) is 51.0 Å². The van der Waals surface area contributed by atoms with E-state index in [1.165, 1.54) is 16.3 Å². The number of hydrogen-bond donors (Lipinski definition) is 0. The number of aromatic nitrogens is 5. The van der Waals surface area contributed by atoms with Crippen molar-refractivity contribution in [2.75, 3.05) is 0 Å². The topological polar surface area (TPSA) is 56.5 Å². The number of rotatable bonds is 5. The number of benzene rings is 5. The van der Waals surface area contributed by atoms with Gasteiger partial charge in [-0.25, -0.2) is 15.0 Å². The summed E-state index contributed by atoms with van der Waals surface area (Å²) >= 11 is 0. The third-order valence-corrected chi connectivity index (χ3v) is 8.71. The van der Waals surface area contributed by atoms with E-state index in [0.717, 1.165) is 44.5 Å². The van der Waals surface area contributed by atoms with Crippen LogP contribution < -0.4 is 0 Å². The van der Waals surface area contributed by atoms with E-state index in [-0.39, 0.29) is 5.41 Å². The highest BCUT2D eigenvalue weighted by atomic mass is 15.1. The zero-order chi connectivity index (χ0) is 32.0. The molecule has 0 unspecified atom stereocenters. The molecule has 0 aliphatic heterocycles. The Morgan fingerprint density at radius 2 is 1.11 bits per heavy atom. The van der Waals surface area contributed by atoms with Crippen LogP contribution in [0.1, 0.15) is 26.3 Å². The first-order valence-electron chi connectivity index (χ1n) is 15.9. The van der Waals surface area contributed by atoms with Gasteiger partial charge in [0.1, 0.15) is 0 Å². The molecule has 8 rings (SSSR count). The molecule has 5 heteroatoms. The van der Waals surface area contributed by atoms with Gasteiger partial charge in [-0.05, 0) is 46.9 Å². The molecule has 0 aliphatic rings. The van der Waals surface area contributed by atoms with Gasteiger partial charge in [0.05, 0.1) is 16.7 Å². The molecule has 3 heterocycles. The van der Waals surface area contributed by atoms with Crippen LogP contribution in [0.3, 0.4) is 0 Å². The van der Waals surface area contributed by atoms with Gasteiger partial charge in [-0.2, -0.15) is 0 Å². The van der Waals surface area contributed by atoms with Gasteiger partial charge in [-0.15, -0.1) is 0 Å². The van der Waals surface area contributed by atoms with E-state index < -0.39 is 0 Å². The number of pyridine rings is 1. The van der Waals surface area contributed by atoms with Gasteiger partial charge in [-0.3, -0.25) is 4.98 Å². The van der Waals surface area contributed by atoms with Crippen LogP contribution in [0.2, 0.25) is 0 Å². The number of nitrogens with zero attached hydrogens (tertiary/aromatic N) is 5. The monoisotopic (exact) mass is 607 g/mol. The molecule has 0 saturated carbocycles. The Kier molecular flexibility index (Phi) is 6.95. The van der Waals surface area contributed by atoms with Gasteiger partial charge in [0.2, 0.25) is 0 Å². The minimum absolute atomic E-state index is 0.0146. The largest absolute Gasteiger partial charge is 0.308 e. The van der Waals surface area contributed by atoms with E-state index in [1.54, 1.807) is 6.20 Å². The van der Waals surface area contributed by atoms with Crippen LogP contribution >= 0.6 is 0 Å². The Morgan fingerprint density at radius 3 is 1.77 bits per heavy atom. The Morgan fingerprint density at radius 1 is 0.489 bits per heavy atom.